The maximum Gasteiger partial charge on any atom is 0.171 e. The maximum atomic E-state index is 17.9. The number of rotatable bonds is 29. The number of fused-ring (bicyclic) bond motifs is 7. The zero-order valence-corrected chi connectivity index (χ0v) is 66.1. The number of nitrogens with zero attached hydrogens (tertiary/aromatic N) is 2. The van der Waals surface area contributed by atoms with Gasteiger partial charge in [-0.05, 0) is 141 Å². The molecule has 4 unspecified atom stereocenters. The van der Waals surface area contributed by atoms with Gasteiger partial charge in [0.05, 0.1) is 20.9 Å². The predicted octanol–water partition coefficient (Wildman–Crippen LogP) is 26.2. The Labute approximate surface area is 582 Å². The Morgan fingerprint density at radius 3 is 1.02 bits per heavy atom. The average Bonchev–Trinajstić information content (AvgIpc) is 1.54. The number of hydrogen-bond donors (Lipinski definition) is 0. The molecule has 2 aliphatic heterocycles. The van der Waals surface area contributed by atoms with Gasteiger partial charge < -0.3 is 0 Å². The monoisotopic (exact) mass is 1430 g/mol. The third kappa shape index (κ3) is 13.2. The van der Waals surface area contributed by atoms with Gasteiger partial charge in [0, 0.05) is 48.8 Å². The van der Waals surface area contributed by atoms with Gasteiger partial charge in [-0.25, -0.2) is 27.5 Å². The van der Waals surface area contributed by atoms with Gasteiger partial charge in [0.2, 0.25) is 0 Å². The number of aryl methyl sites for hydroxylation is 2. The molecule has 0 radical (unpaired) electrons. The van der Waals surface area contributed by atoms with Crippen LogP contribution in [0.5, 0.6) is 0 Å². The van der Waals surface area contributed by atoms with Crippen LogP contribution in [0.4, 0.5) is 17.6 Å². The molecule has 0 saturated heterocycles. The smallest absolute Gasteiger partial charge is 0.171 e. The number of thiophene rings is 6. The summed E-state index contributed by atoms with van der Waals surface area (Å²) in [5.74, 6) is -3.15. The molecule has 16 heteroatoms. The van der Waals surface area contributed by atoms with Crippen LogP contribution in [0.25, 0.3) is 79.6 Å². The molecule has 2 nitrogen and oxygen atoms in total. The Kier molecular flexibility index (Phi) is 21.8. The highest BCUT2D eigenvalue weighted by atomic mass is 32.1. The summed E-state index contributed by atoms with van der Waals surface area (Å²) in [6, 6.07) is 18.0. The van der Waals surface area contributed by atoms with Crippen LogP contribution < -0.4 is 20.7 Å². The molecule has 0 bridgehead atoms. The van der Waals surface area contributed by atoms with Crippen LogP contribution in [-0.4, -0.2) is 26.1 Å². The van der Waals surface area contributed by atoms with Crippen molar-refractivity contribution in [3.8, 4) is 69.9 Å². The van der Waals surface area contributed by atoms with Crippen molar-refractivity contribution >= 4 is 137 Å². The molecule has 0 saturated carbocycles. The molecule has 92 heavy (non-hydrogen) atoms. The fourth-order valence-corrected chi connectivity index (χ4v) is 41.0. The van der Waals surface area contributed by atoms with E-state index >= 15 is 17.6 Å². The number of thiazole rings is 2. The maximum absolute atomic E-state index is 17.9. The molecular weight excluding hydrogens is 1330 g/mol. The first-order valence-electron chi connectivity index (χ1n) is 34.9. The average molecular weight is 1430 g/mol. The molecule has 8 aromatic heterocycles. The van der Waals surface area contributed by atoms with Crippen molar-refractivity contribution in [1.82, 2.24) is 9.97 Å². The number of halogens is 4. The van der Waals surface area contributed by atoms with E-state index in [0.717, 1.165) is 148 Å². The molecule has 496 valence electrons. The lowest BCUT2D eigenvalue weighted by molar-refractivity contribution is 0.463. The van der Waals surface area contributed by atoms with E-state index in [4.69, 9.17) is 9.97 Å². The largest absolute Gasteiger partial charge is 0.222 e. The summed E-state index contributed by atoms with van der Waals surface area (Å²) in [4.78, 5) is 25.0. The first kappa shape index (κ1) is 70.4. The number of benzene rings is 1. The molecule has 0 spiro atoms. The zero-order chi connectivity index (χ0) is 65.9. The second-order valence-electron chi connectivity index (χ2n) is 29.5. The van der Waals surface area contributed by atoms with E-state index in [1.165, 1.54) is 102 Å². The third-order valence-corrected chi connectivity index (χ3v) is 43.1. The highest BCUT2D eigenvalue weighted by Crippen LogP contribution is 2.55. The zero-order valence-electron chi connectivity index (χ0n) is 57.6. The number of hydrogen-bond acceptors (Lipinski definition) is 10. The number of unbranched alkanes of at least 4 members (excludes halogenated alkanes) is 4. The van der Waals surface area contributed by atoms with Crippen LogP contribution in [-0.2, 0) is 10.8 Å². The molecule has 0 N–H and O–H groups in total. The van der Waals surface area contributed by atoms with Gasteiger partial charge in [-0.1, -0.05) is 222 Å². The summed E-state index contributed by atoms with van der Waals surface area (Å²) >= 11 is 13.4. The lowest BCUT2D eigenvalue weighted by atomic mass is 9.94. The first-order valence-corrected chi connectivity index (χ1v) is 46.2. The van der Waals surface area contributed by atoms with Gasteiger partial charge in [0.25, 0.3) is 0 Å². The minimum atomic E-state index is -2.74. The lowest BCUT2D eigenvalue weighted by Crippen LogP contribution is -2.57. The predicted molar refractivity (Wildman–Crippen MR) is 410 cm³/mol. The Bertz CT molecular complexity index is 3970. The van der Waals surface area contributed by atoms with Crippen molar-refractivity contribution in [3.63, 3.8) is 0 Å². The van der Waals surface area contributed by atoms with Crippen molar-refractivity contribution in [2.45, 2.75) is 249 Å². The molecule has 10 heterocycles. The van der Waals surface area contributed by atoms with Gasteiger partial charge in [-0.2, -0.15) is 0 Å². The molecular formula is C76H98F4N2S8Si2. The standard InChI is InChI=1S/C76H98F4N2S8Si2/c1-17-25-29-45(21-5)39-91(40-46(22-6)30-26-18-2)53-35-50(49-33-43(9)65(83-49)71-81-73-74(89-71)82-72(90-73)66-44(10)34-57(87-66)75(11,12)13)84-67(53)68-54(91)36-51(85-68)59-61(77)63(79)60(64(80)62(59)78)52-37-55-69(86-52)70-56(38-58(88-70)76(14,15)16)92(55,41-47(23-7)31-27-19-3)42-48(24-8)32-28-20-4/h33-38,45-48H,17-32,39-42H2,1-16H3. The van der Waals surface area contributed by atoms with E-state index in [9.17, 15) is 0 Å². The SMILES string of the molecule is CCCCC(CC)C[Si]1(CC(CC)CCCC)c2cc(-c3cc(C)c(-c4nc5sc(-c6sc(C(C)(C)C)cc6C)nc5s4)s3)sc2-c2sc(-c3c(F)c(F)c(-c4cc5c(s4)-c4sc(C(C)(C)C)cc4[Si]5(CC(CC)CCCC)CC(CC)CCCC)c(F)c3F)cc21. The van der Waals surface area contributed by atoms with Crippen LogP contribution in [0, 0.1) is 60.8 Å². The van der Waals surface area contributed by atoms with Crippen LogP contribution in [0.2, 0.25) is 24.2 Å². The molecule has 2 aliphatic rings. The second kappa shape index (κ2) is 28.5. The van der Waals surface area contributed by atoms with Gasteiger partial charge >= 0.3 is 0 Å². The minimum absolute atomic E-state index is 0.0732. The van der Waals surface area contributed by atoms with Crippen molar-refractivity contribution in [2.75, 3.05) is 0 Å². The van der Waals surface area contributed by atoms with E-state index in [2.05, 4.69) is 135 Å². The van der Waals surface area contributed by atoms with E-state index in [-0.39, 0.29) is 10.8 Å². The summed E-state index contributed by atoms with van der Waals surface area (Å²) in [5.41, 5.74) is 1.33. The Hall–Kier alpha value is -2.91. The van der Waals surface area contributed by atoms with Crippen LogP contribution in [0.1, 0.15) is 221 Å². The molecule has 1 aromatic carbocycles. The van der Waals surface area contributed by atoms with E-state index in [0.29, 0.717) is 33.4 Å². The van der Waals surface area contributed by atoms with Crippen LogP contribution in [0.3, 0.4) is 0 Å². The summed E-state index contributed by atoms with van der Waals surface area (Å²) in [5, 5.41) is 7.42. The van der Waals surface area contributed by atoms with E-state index < -0.39 is 50.5 Å². The van der Waals surface area contributed by atoms with Crippen molar-refractivity contribution < 1.29 is 17.6 Å². The summed E-state index contributed by atoms with van der Waals surface area (Å²) in [7, 11) is -5.33. The fourth-order valence-electron chi connectivity index (χ4n) is 15.3. The quantitative estimate of drug-likeness (QED) is 0.0265. The lowest BCUT2D eigenvalue weighted by Gasteiger charge is -2.36. The molecule has 0 aliphatic carbocycles. The van der Waals surface area contributed by atoms with Gasteiger partial charge in [0.15, 0.2) is 32.9 Å². The van der Waals surface area contributed by atoms with Crippen LogP contribution in [0.15, 0.2) is 36.4 Å². The van der Waals surface area contributed by atoms with E-state index in [1.807, 2.05) is 34.8 Å². The second-order valence-corrected chi connectivity index (χ2v) is 45.8. The molecule has 0 amide bonds. The van der Waals surface area contributed by atoms with Gasteiger partial charge in [-0.3, -0.25) is 0 Å². The Morgan fingerprint density at radius 1 is 0.370 bits per heavy atom. The van der Waals surface area contributed by atoms with Crippen molar-refractivity contribution in [1.29, 1.82) is 0 Å². The van der Waals surface area contributed by atoms with Crippen LogP contribution >= 0.6 is 90.7 Å². The minimum Gasteiger partial charge on any atom is -0.222 e. The fraction of sp³-hybridized carbons (Fsp3) is 0.553. The third-order valence-electron chi connectivity index (χ3n) is 20.8. The summed E-state index contributed by atoms with van der Waals surface area (Å²) < 4.78 is 71.5. The summed E-state index contributed by atoms with van der Waals surface area (Å²) in [6.07, 6.45) is 18.0. The highest BCUT2D eigenvalue weighted by Gasteiger charge is 2.53. The topological polar surface area (TPSA) is 25.8 Å². The Morgan fingerprint density at radius 2 is 0.663 bits per heavy atom. The number of aromatic nitrogens is 2. The highest BCUT2D eigenvalue weighted by molar-refractivity contribution is 7.35. The molecule has 9 aromatic rings. The van der Waals surface area contributed by atoms with Crippen molar-refractivity contribution in [3.05, 3.63) is 80.5 Å². The van der Waals surface area contributed by atoms with Gasteiger partial charge in [-0.15, -0.1) is 68.0 Å². The normalized spacial score (nSPS) is 17.7. The Balaban J connectivity index is 1.03. The van der Waals surface area contributed by atoms with Crippen molar-refractivity contribution in [2.24, 2.45) is 23.7 Å². The van der Waals surface area contributed by atoms with E-state index in [1.54, 1.807) is 45.3 Å². The molecule has 11 rings (SSSR count). The molecule has 4 atom stereocenters. The first-order chi connectivity index (χ1) is 43.9. The molecule has 0 fully saturated rings. The summed E-state index contributed by atoms with van der Waals surface area (Å²) in [6.45, 7) is 36.4. The van der Waals surface area contributed by atoms with Gasteiger partial charge in [0.1, 0.15) is 26.2 Å².